The molecular weight excluding hydrogens is 317 g/mol. The minimum absolute atomic E-state index is 0.140. The molecule has 4 nitrogen and oxygen atoms in total. The standard InChI is InChI=1S/C20H30FN3O/c21-18-6-4-17(5-7-18)8-11-22-20(25)16-23-14-9-19(10-15-23)24-12-2-1-3-13-24/h4-7,19H,1-3,8-16H2,(H,22,25)/p+2. The fourth-order valence-electron chi connectivity index (χ4n) is 4.31. The van der Waals surface area contributed by atoms with Gasteiger partial charge in [-0.2, -0.15) is 0 Å². The summed E-state index contributed by atoms with van der Waals surface area (Å²) in [6.45, 7) is 6.16. The molecule has 2 aliphatic rings. The van der Waals surface area contributed by atoms with Crippen molar-refractivity contribution in [1.29, 1.82) is 0 Å². The van der Waals surface area contributed by atoms with E-state index in [1.165, 1.54) is 62.2 Å². The quantitative estimate of drug-likeness (QED) is 0.643. The molecule has 0 unspecified atom stereocenters. The van der Waals surface area contributed by atoms with Crippen molar-refractivity contribution in [3.05, 3.63) is 35.6 Å². The summed E-state index contributed by atoms with van der Waals surface area (Å²) in [5, 5.41) is 3.01. The number of hydrogen-bond acceptors (Lipinski definition) is 1. The predicted octanol–water partition coefficient (Wildman–Crippen LogP) is -0.399. The van der Waals surface area contributed by atoms with Crippen LogP contribution in [0.1, 0.15) is 37.7 Å². The van der Waals surface area contributed by atoms with Gasteiger partial charge in [-0.25, -0.2) is 4.39 Å². The minimum Gasteiger partial charge on any atom is -0.351 e. The van der Waals surface area contributed by atoms with Crippen LogP contribution < -0.4 is 15.1 Å². The van der Waals surface area contributed by atoms with Crippen LogP contribution in [-0.2, 0) is 11.2 Å². The second kappa shape index (κ2) is 9.30. The fraction of sp³-hybridized carbons (Fsp3) is 0.650. The molecule has 1 aromatic carbocycles. The maximum atomic E-state index is 12.9. The molecule has 0 spiro atoms. The van der Waals surface area contributed by atoms with Gasteiger partial charge in [-0.05, 0) is 43.4 Å². The number of nitrogens with one attached hydrogen (secondary N) is 3. The number of halogens is 1. The van der Waals surface area contributed by atoms with Crippen molar-refractivity contribution in [3.8, 4) is 0 Å². The Labute approximate surface area is 150 Å². The van der Waals surface area contributed by atoms with E-state index in [0.29, 0.717) is 13.1 Å². The van der Waals surface area contributed by atoms with Crippen molar-refractivity contribution in [2.75, 3.05) is 39.3 Å². The van der Waals surface area contributed by atoms with Crippen molar-refractivity contribution >= 4 is 5.91 Å². The zero-order valence-electron chi connectivity index (χ0n) is 15.2. The summed E-state index contributed by atoms with van der Waals surface area (Å²) in [4.78, 5) is 15.4. The van der Waals surface area contributed by atoms with Gasteiger partial charge in [-0.3, -0.25) is 4.79 Å². The minimum atomic E-state index is -0.217. The first kappa shape index (κ1) is 18.3. The number of carbonyl (C=O) groups excluding carboxylic acids is 1. The van der Waals surface area contributed by atoms with Gasteiger partial charge in [-0.15, -0.1) is 0 Å². The highest BCUT2D eigenvalue weighted by molar-refractivity contribution is 5.76. The topological polar surface area (TPSA) is 38.0 Å². The lowest BCUT2D eigenvalue weighted by Crippen LogP contribution is -3.21. The van der Waals surface area contributed by atoms with Crippen molar-refractivity contribution < 1.29 is 19.0 Å². The second-order valence-corrected chi connectivity index (χ2v) is 7.65. The van der Waals surface area contributed by atoms with Crippen molar-refractivity contribution in [2.24, 2.45) is 0 Å². The normalized spacial score (nSPS) is 24.8. The summed E-state index contributed by atoms with van der Waals surface area (Å²) in [5.41, 5.74) is 1.05. The summed E-state index contributed by atoms with van der Waals surface area (Å²) < 4.78 is 12.9. The third-order valence-electron chi connectivity index (χ3n) is 5.83. The van der Waals surface area contributed by atoms with Crippen LogP contribution in [0.2, 0.25) is 0 Å². The lowest BCUT2D eigenvalue weighted by atomic mass is 10.00. The summed E-state index contributed by atoms with van der Waals surface area (Å²) in [7, 11) is 0. The summed E-state index contributed by atoms with van der Waals surface area (Å²) >= 11 is 0. The van der Waals surface area contributed by atoms with E-state index in [9.17, 15) is 9.18 Å². The maximum absolute atomic E-state index is 12.9. The lowest BCUT2D eigenvalue weighted by molar-refractivity contribution is -0.958. The van der Waals surface area contributed by atoms with Crippen LogP contribution >= 0.6 is 0 Å². The third kappa shape index (κ3) is 5.79. The van der Waals surface area contributed by atoms with Gasteiger partial charge in [0, 0.05) is 19.4 Å². The van der Waals surface area contributed by atoms with Crippen molar-refractivity contribution in [1.82, 2.24) is 5.32 Å². The molecule has 3 N–H and O–H groups in total. The maximum Gasteiger partial charge on any atom is 0.275 e. The zero-order valence-corrected chi connectivity index (χ0v) is 15.2. The fourth-order valence-corrected chi connectivity index (χ4v) is 4.31. The van der Waals surface area contributed by atoms with E-state index in [0.717, 1.165) is 31.1 Å². The molecule has 138 valence electrons. The van der Waals surface area contributed by atoms with Crippen LogP contribution in [-0.4, -0.2) is 51.2 Å². The molecule has 5 heteroatoms. The number of carbonyl (C=O) groups is 1. The molecule has 2 heterocycles. The van der Waals surface area contributed by atoms with Crippen molar-refractivity contribution in [2.45, 2.75) is 44.6 Å². The number of amides is 1. The average molecular weight is 349 g/mol. The van der Waals surface area contributed by atoms with E-state index in [1.54, 1.807) is 12.1 Å². The highest BCUT2D eigenvalue weighted by Crippen LogP contribution is 2.03. The van der Waals surface area contributed by atoms with E-state index < -0.39 is 0 Å². The Morgan fingerprint density at radius 3 is 2.40 bits per heavy atom. The van der Waals surface area contributed by atoms with Gasteiger partial charge >= 0.3 is 0 Å². The van der Waals surface area contributed by atoms with E-state index in [4.69, 9.17) is 0 Å². The summed E-state index contributed by atoms with van der Waals surface area (Å²) in [6, 6.07) is 7.32. The number of hydrogen-bond donors (Lipinski definition) is 3. The number of quaternary nitrogens is 2. The van der Waals surface area contributed by atoms with Gasteiger partial charge in [0.1, 0.15) is 5.82 Å². The van der Waals surface area contributed by atoms with Gasteiger partial charge < -0.3 is 15.1 Å². The smallest absolute Gasteiger partial charge is 0.275 e. The molecule has 0 saturated carbocycles. The van der Waals surface area contributed by atoms with Crippen LogP contribution in [0, 0.1) is 5.82 Å². The molecule has 2 aliphatic heterocycles. The van der Waals surface area contributed by atoms with Gasteiger partial charge in [0.15, 0.2) is 6.54 Å². The number of benzene rings is 1. The highest BCUT2D eigenvalue weighted by atomic mass is 19.1. The monoisotopic (exact) mass is 349 g/mol. The molecule has 2 fully saturated rings. The average Bonchev–Trinajstić information content (AvgIpc) is 2.65. The molecule has 0 radical (unpaired) electrons. The third-order valence-corrected chi connectivity index (χ3v) is 5.83. The summed E-state index contributed by atoms with van der Waals surface area (Å²) in [5.74, 6) is -0.0768. The molecule has 1 aromatic rings. The van der Waals surface area contributed by atoms with Crippen molar-refractivity contribution in [3.63, 3.8) is 0 Å². The van der Waals surface area contributed by atoms with Gasteiger partial charge in [0.2, 0.25) is 0 Å². The van der Waals surface area contributed by atoms with E-state index in [1.807, 2.05) is 4.90 Å². The molecule has 2 saturated heterocycles. The molecule has 25 heavy (non-hydrogen) atoms. The zero-order chi connectivity index (χ0) is 17.5. The van der Waals surface area contributed by atoms with E-state index >= 15 is 0 Å². The Bertz CT molecular complexity index is 534. The Hall–Kier alpha value is -1.46. The Balaban J connectivity index is 1.31. The first-order chi connectivity index (χ1) is 12.2. The number of piperidine rings is 2. The first-order valence-electron chi connectivity index (χ1n) is 9.90. The van der Waals surface area contributed by atoms with Crippen LogP contribution in [0.4, 0.5) is 4.39 Å². The highest BCUT2D eigenvalue weighted by Gasteiger charge is 2.31. The van der Waals surface area contributed by atoms with Crippen LogP contribution in [0.15, 0.2) is 24.3 Å². The van der Waals surface area contributed by atoms with Gasteiger partial charge in [0.05, 0.1) is 32.2 Å². The van der Waals surface area contributed by atoms with Gasteiger partial charge in [0.25, 0.3) is 5.91 Å². The van der Waals surface area contributed by atoms with E-state index in [2.05, 4.69) is 5.32 Å². The van der Waals surface area contributed by atoms with E-state index in [-0.39, 0.29) is 11.7 Å². The Morgan fingerprint density at radius 1 is 1.04 bits per heavy atom. The van der Waals surface area contributed by atoms with Gasteiger partial charge in [-0.1, -0.05) is 12.1 Å². The van der Waals surface area contributed by atoms with Crippen LogP contribution in [0.5, 0.6) is 0 Å². The molecule has 1 amide bonds. The predicted molar refractivity (Wildman–Crippen MR) is 96.2 cm³/mol. The first-order valence-corrected chi connectivity index (χ1v) is 9.90. The molecule has 0 bridgehead atoms. The Morgan fingerprint density at radius 2 is 1.72 bits per heavy atom. The summed E-state index contributed by atoms with van der Waals surface area (Å²) in [6.07, 6.45) is 7.45. The molecule has 0 aliphatic carbocycles. The SMILES string of the molecule is O=C(C[NH+]1CCC([NH+]2CCCCC2)CC1)NCCc1ccc(F)cc1. The largest absolute Gasteiger partial charge is 0.351 e. The Kier molecular flexibility index (Phi) is 6.82. The number of likely N-dealkylation sites (tertiary alicyclic amines) is 2. The second-order valence-electron chi connectivity index (χ2n) is 7.65. The molecular formula is C20H32FN3O+2. The lowest BCUT2D eigenvalue weighted by Gasteiger charge is -2.35. The van der Waals surface area contributed by atoms with Crippen LogP contribution in [0.3, 0.4) is 0 Å². The molecule has 3 rings (SSSR count). The molecule has 0 atom stereocenters. The van der Waals surface area contributed by atoms with Crippen LogP contribution in [0.25, 0.3) is 0 Å². The molecule has 0 aromatic heterocycles. The number of rotatable bonds is 6.